The fourth-order valence-corrected chi connectivity index (χ4v) is 5.14. The SMILES string of the molecule is Cc1ccc2c(c1)C13CCN(C)C(C2)[C@]1(O)CCC(=O)C3. The van der Waals surface area contributed by atoms with E-state index >= 15 is 0 Å². The Kier molecular flexibility index (Phi) is 2.68. The van der Waals surface area contributed by atoms with Crippen LogP contribution in [0, 0.1) is 6.92 Å². The summed E-state index contributed by atoms with van der Waals surface area (Å²) in [4.78, 5) is 14.5. The Morgan fingerprint density at radius 1 is 1.33 bits per heavy atom. The van der Waals surface area contributed by atoms with Crippen LogP contribution in [0.25, 0.3) is 0 Å². The number of likely N-dealkylation sites (N-methyl/N-ethyl adjacent to an activating group) is 1. The van der Waals surface area contributed by atoms with Crippen molar-refractivity contribution in [3.63, 3.8) is 0 Å². The van der Waals surface area contributed by atoms with Gasteiger partial charge in [0.1, 0.15) is 5.78 Å². The van der Waals surface area contributed by atoms with Crippen LogP contribution in [-0.2, 0) is 16.6 Å². The number of Topliss-reactive ketones (excluding diaryl/α,β-unsaturated/α-hetero) is 1. The zero-order valence-corrected chi connectivity index (χ0v) is 12.9. The molecule has 0 amide bonds. The number of ketones is 1. The minimum absolute atomic E-state index is 0.148. The molecule has 3 heteroatoms. The third-order valence-electron chi connectivity index (χ3n) is 6.28. The first kappa shape index (κ1) is 13.5. The van der Waals surface area contributed by atoms with Gasteiger partial charge in [0.05, 0.1) is 5.60 Å². The van der Waals surface area contributed by atoms with Gasteiger partial charge in [-0.3, -0.25) is 4.79 Å². The molecule has 1 aliphatic heterocycles. The second-order valence-corrected chi connectivity index (χ2v) is 7.33. The molecule has 4 rings (SSSR count). The Hall–Kier alpha value is -1.19. The molecule has 0 radical (unpaired) electrons. The van der Waals surface area contributed by atoms with Crippen molar-refractivity contribution in [2.45, 2.75) is 56.1 Å². The van der Waals surface area contributed by atoms with Crippen LogP contribution < -0.4 is 0 Å². The van der Waals surface area contributed by atoms with Gasteiger partial charge in [-0.1, -0.05) is 23.8 Å². The first-order chi connectivity index (χ1) is 9.96. The van der Waals surface area contributed by atoms with Crippen LogP contribution in [0.3, 0.4) is 0 Å². The van der Waals surface area contributed by atoms with Gasteiger partial charge >= 0.3 is 0 Å². The van der Waals surface area contributed by atoms with Crippen LogP contribution in [0.15, 0.2) is 18.2 Å². The molecule has 1 saturated carbocycles. The van der Waals surface area contributed by atoms with Crippen LogP contribution >= 0.6 is 0 Å². The molecule has 3 nitrogen and oxygen atoms in total. The van der Waals surface area contributed by atoms with Crippen LogP contribution in [-0.4, -0.2) is 41.0 Å². The molecule has 3 aliphatic rings. The fourth-order valence-electron chi connectivity index (χ4n) is 5.14. The predicted octanol–water partition coefficient (Wildman–Crippen LogP) is 1.98. The van der Waals surface area contributed by atoms with Gasteiger partial charge in [0.25, 0.3) is 0 Å². The third kappa shape index (κ3) is 1.59. The Morgan fingerprint density at radius 2 is 2.14 bits per heavy atom. The number of rotatable bonds is 0. The van der Waals surface area contributed by atoms with E-state index in [0.29, 0.717) is 25.0 Å². The van der Waals surface area contributed by atoms with Crippen molar-refractivity contribution in [3.8, 4) is 0 Å². The van der Waals surface area contributed by atoms with Gasteiger partial charge in [-0.15, -0.1) is 0 Å². The van der Waals surface area contributed by atoms with E-state index < -0.39 is 5.60 Å². The lowest BCUT2D eigenvalue weighted by Crippen LogP contribution is -2.72. The summed E-state index contributed by atoms with van der Waals surface area (Å²) in [6, 6.07) is 6.73. The summed E-state index contributed by atoms with van der Waals surface area (Å²) in [7, 11) is 2.11. The van der Waals surface area contributed by atoms with Crippen LogP contribution in [0.1, 0.15) is 42.4 Å². The van der Waals surface area contributed by atoms with Crippen LogP contribution in [0.4, 0.5) is 0 Å². The second kappa shape index (κ2) is 4.17. The minimum Gasteiger partial charge on any atom is -0.387 e. The van der Waals surface area contributed by atoms with E-state index in [9.17, 15) is 9.90 Å². The van der Waals surface area contributed by atoms with Gasteiger partial charge in [-0.2, -0.15) is 0 Å². The molecule has 1 aromatic carbocycles. The zero-order chi connectivity index (χ0) is 14.8. The number of piperidine rings is 1. The van der Waals surface area contributed by atoms with Crippen molar-refractivity contribution in [1.29, 1.82) is 0 Å². The molecule has 2 bridgehead atoms. The number of carbonyl (C=O) groups excluding carboxylic acids is 1. The van der Waals surface area contributed by atoms with Gasteiger partial charge in [-0.25, -0.2) is 0 Å². The highest BCUT2D eigenvalue weighted by atomic mass is 16.3. The normalized spacial score (nSPS) is 38.8. The molecule has 3 atom stereocenters. The monoisotopic (exact) mass is 285 g/mol. The molecule has 2 fully saturated rings. The van der Waals surface area contributed by atoms with E-state index in [-0.39, 0.29) is 11.5 Å². The average molecular weight is 285 g/mol. The number of fused-ring (bicyclic) bond motifs is 1. The molecular weight excluding hydrogens is 262 g/mol. The lowest BCUT2D eigenvalue weighted by Gasteiger charge is -2.63. The van der Waals surface area contributed by atoms with Crippen molar-refractivity contribution in [2.75, 3.05) is 13.6 Å². The number of hydrogen-bond donors (Lipinski definition) is 1. The van der Waals surface area contributed by atoms with Crippen LogP contribution in [0.2, 0.25) is 0 Å². The summed E-state index contributed by atoms with van der Waals surface area (Å²) in [5, 5.41) is 11.6. The summed E-state index contributed by atoms with van der Waals surface area (Å²) >= 11 is 0. The quantitative estimate of drug-likeness (QED) is 0.792. The molecule has 1 N–H and O–H groups in total. The summed E-state index contributed by atoms with van der Waals surface area (Å²) in [5.74, 6) is 0.317. The highest BCUT2D eigenvalue weighted by Crippen LogP contribution is 2.57. The number of aryl methyl sites for hydroxylation is 1. The van der Waals surface area contributed by atoms with Crippen molar-refractivity contribution >= 4 is 5.78 Å². The first-order valence-electron chi connectivity index (χ1n) is 8.01. The smallest absolute Gasteiger partial charge is 0.134 e. The molecule has 21 heavy (non-hydrogen) atoms. The van der Waals surface area contributed by atoms with Crippen molar-refractivity contribution in [3.05, 3.63) is 34.9 Å². The molecule has 0 aromatic heterocycles. The van der Waals surface area contributed by atoms with Gasteiger partial charge in [0.2, 0.25) is 0 Å². The largest absolute Gasteiger partial charge is 0.387 e. The number of aliphatic hydroxyl groups is 1. The number of benzene rings is 1. The van der Waals surface area contributed by atoms with E-state index in [1.807, 2.05) is 0 Å². The minimum atomic E-state index is -0.741. The standard InChI is InChI=1S/C18H23NO2/c1-12-3-4-13-10-16-18(21)6-5-14(20)11-17(18,15(13)9-12)7-8-19(16)2/h3-4,9,16,21H,5-8,10-11H2,1-2H3/t16?,17?,18-/m1/s1. The Balaban J connectivity index is 1.98. The van der Waals surface area contributed by atoms with Gasteiger partial charge < -0.3 is 10.0 Å². The maximum absolute atomic E-state index is 12.2. The Labute approximate surface area is 126 Å². The molecule has 1 aromatic rings. The summed E-state index contributed by atoms with van der Waals surface area (Å²) < 4.78 is 0. The lowest BCUT2D eigenvalue weighted by molar-refractivity contribution is -0.168. The molecule has 112 valence electrons. The first-order valence-corrected chi connectivity index (χ1v) is 8.01. The van der Waals surface area contributed by atoms with E-state index in [2.05, 4.69) is 37.1 Å². The Morgan fingerprint density at radius 3 is 2.95 bits per heavy atom. The van der Waals surface area contributed by atoms with E-state index in [1.165, 1.54) is 16.7 Å². The van der Waals surface area contributed by atoms with Gasteiger partial charge in [0, 0.05) is 24.3 Å². The number of carbonyl (C=O) groups is 1. The molecule has 2 aliphatic carbocycles. The molecule has 1 heterocycles. The highest BCUT2D eigenvalue weighted by molar-refractivity contribution is 5.82. The van der Waals surface area contributed by atoms with E-state index in [0.717, 1.165) is 19.4 Å². The number of likely N-dealkylation sites (tertiary alicyclic amines) is 1. The summed E-state index contributed by atoms with van der Waals surface area (Å²) in [6.45, 7) is 3.06. The van der Waals surface area contributed by atoms with Crippen molar-refractivity contribution in [1.82, 2.24) is 4.90 Å². The number of nitrogens with zero attached hydrogens (tertiary/aromatic N) is 1. The molecular formula is C18H23NO2. The average Bonchev–Trinajstić information content (AvgIpc) is 2.45. The van der Waals surface area contributed by atoms with Crippen molar-refractivity contribution in [2.24, 2.45) is 0 Å². The van der Waals surface area contributed by atoms with E-state index in [4.69, 9.17) is 0 Å². The predicted molar refractivity (Wildman–Crippen MR) is 81.4 cm³/mol. The van der Waals surface area contributed by atoms with Gasteiger partial charge in [-0.05, 0) is 50.9 Å². The van der Waals surface area contributed by atoms with Crippen LogP contribution in [0.5, 0.6) is 0 Å². The third-order valence-corrected chi connectivity index (χ3v) is 6.28. The van der Waals surface area contributed by atoms with Crippen molar-refractivity contribution < 1.29 is 9.90 Å². The second-order valence-electron chi connectivity index (χ2n) is 7.33. The number of hydrogen-bond acceptors (Lipinski definition) is 3. The zero-order valence-electron chi connectivity index (χ0n) is 12.9. The topological polar surface area (TPSA) is 40.5 Å². The maximum Gasteiger partial charge on any atom is 0.134 e. The Bertz CT molecular complexity index is 626. The van der Waals surface area contributed by atoms with Gasteiger partial charge in [0.15, 0.2) is 0 Å². The maximum atomic E-state index is 12.2. The van der Waals surface area contributed by atoms with E-state index in [1.54, 1.807) is 0 Å². The summed E-state index contributed by atoms with van der Waals surface area (Å²) in [6.07, 6.45) is 3.46. The highest BCUT2D eigenvalue weighted by Gasteiger charge is 2.64. The fraction of sp³-hybridized carbons (Fsp3) is 0.611. The lowest BCUT2D eigenvalue weighted by atomic mass is 9.49. The molecule has 0 spiro atoms. The molecule has 1 saturated heterocycles. The summed E-state index contributed by atoms with van der Waals surface area (Å²) in [5.41, 5.74) is 2.72. The molecule has 2 unspecified atom stereocenters.